The van der Waals surface area contributed by atoms with Crippen molar-refractivity contribution in [2.75, 3.05) is 11.1 Å². The Kier molecular flexibility index (Phi) is 3.73. The molecular formula is C14H17N3OS. The van der Waals surface area contributed by atoms with Crippen molar-refractivity contribution in [2.24, 2.45) is 0 Å². The SMILES string of the molecule is CC1SCCCC1Nc1ccc(-c2nnco2)cc1. The molecule has 2 unspecified atom stereocenters. The van der Waals surface area contributed by atoms with Gasteiger partial charge in [-0.1, -0.05) is 6.92 Å². The molecule has 0 amide bonds. The van der Waals surface area contributed by atoms with Crippen LogP contribution in [-0.4, -0.2) is 27.2 Å². The molecule has 0 spiro atoms. The number of nitrogens with zero attached hydrogens (tertiary/aromatic N) is 2. The van der Waals surface area contributed by atoms with Crippen LogP contribution < -0.4 is 5.32 Å². The molecule has 100 valence electrons. The third-order valence-corrected chi connectivity index (χ3v) is 4.83. The van der Waals surface area contributed by atoms with Crippen LogP contribution in [-0.2, 0) is 0 Å². The van der Waals surface area contributed by atoms with Crippen LogP contribution in [0.1, 0.15) is 19.8 Å². The van der Waals surface area contributed by atoms with Crippen molar-refractivity contribution < 1.29 is 4.42 Å². The maximum atomic E-state index is 5.18. The number of benzene rings is 1. The summed E-state index contributed by atoms with van der Waals surface area (Å²) in [5, 5.41) is 11.9. The lowest BCUT2D eigenvalue weighted by Crippen LogP contribution is -2.32. The van der Waals surface area contributed by atoms with Crippen molar-refractivity contribution in [3.8, 4) is 11.5 Å². The number of anilines is 1. The van der Waals surface area contributed by atoms with Gasteiger partial charge in [0, 0.05) is 22.5 Å². The zero-order chi connectivity index (χ0) is 13.1. The van der Waals surface area contributed by atoms with Gasteiger partial charge in [-0.25, -0.2) is 0 Å². The lowest BCUT2D eigenvalue weighted by Gasteiger charge is -2.30. The average Bonchev–Trinajstić information content (AvgIpc) is 2.96. The van der Waals surface area contributed by atoms with Crippen molar-refractivity contribution in [1.29, 1.82) is 0 Å². The molecule has 2 heterocycles. The van der Waals surface area contributed by atoms with Crippen LogP contribution in [0.5, 0.6) is 0 Å². The van der Waals surface area contributed by atoms with E-state index >= 15 is 0 Å². The van der Waals surface area contributed by atoms with Crippen LogP contribution in [0.25, 0.3) is 11.5 Å². The minimum Gasteiger partial charge on any atom is -0.423 e. The third-order valence-electron chi connectivity index (χ3n) is 3.45. The maximum absolute atomic E-state index is 5.18. The molecule has 1 aromatic heterocycles. The molecule has 1 N–H and O–H groups in total. The molecule has 1 aliphatic heterocycles. The van der Waals surface area contributed by atoms with Crippen molar-refractivity contribution in [1.82, 2.24) is 10.2 Å². The molecule has 2 atom stereocenters. The van der Waals surface area contributed by atoms with Crippen molar-refractivity contribution >= 4 is 17.4 Å². The third kappa shape index (κ3) is 2.92. The highest BCUT2D eigenvalue weighted by atomic mass is 32.2. The number of thioether (sulfide) groups is 1. The Morgan fingerprint density at radius 2 is 2.16 bits per heavy atom. The van der Waals surface area contributed by atoms with Crippen LogP contribution >= 0.6 is 11.8 Å². The van der Waals surface area contributed by atoms with Crippen molar-refractivity contribution in [3.05, 3.63) is 30.7 Å². The molecule has 1 saturated heterocycles. The Morgan fingerprint density at radius 3 is 2.84 bits per heavy atom. The molecular weight excluding hydrogens is 258 g/mol. The van der Waals surface area contributed by atoms with Gasteiger partial charge in [0.2, 0.25) is 12.3 Å². The first kappa shape index (κ1) is 12.5. The molecule has 19 heavy (non-hydrogen) atoms. The van der Waals surface area contributed by atoms with E-state index in [1.807, 2.05) is 12.1 Å². The maximum Gasteiger partial charge on any atom is 0.247 e. The number of hydrogen-bond acceptors (Lipinski definition) is 5. The van der Waals surface area contributed by atoms with Crippen LogP contribution in [0, 0.1) is 0 Å². The van der Waals surface area contributed by atoms with Gasteiger partial charge in [-0.05, 0) is 42.9 Å². The summed E-state index contributed by atoms with van der Waals surface area (Å²) in [4.78, 5) is 0. The first-order valence-corrected chi connectivity index (χ1v) is 7.62. The van der Waals surface area contributed by atoms with Crippen molar-refractivity contribution in [3.63, 3.8) is 0 Å². The van der Waals surface area contributed by atoms with E-state index in [0.29, 0.717) is 17.2 Å². The monoisotopic (exact) mass is 275 g/mol. The van der Waals surface area contributed by atoms with Crippen LogP contribution in [0.4, 0.5) is 5.69 Å². The highest BCUT2D eigenvalue weighted by Gasteiger charge is 2.21. The molecule has 0 saturated carbocycles. The Hall–Kier alpha value is -1.49. The van der Waals surface area contributed by atoms with E-state index in [2.05, 4.69) is 46.3 Å². The quantitative estimate of drug-likeness (QED) is 0.930. The molecule has 1 aromatic carbocycles. The summed E-state index contributed by atoms with van der Waals surface area (Å²) in [6.07, 6.45) is 3.90. The van der Waals surface area contributed by atoms with E-state index < -0.39 is 0 Å². The molecule has 4 nitrogen and oxygen atoms in total. The second-order valence-corrected chi connectivity index (χ2v) is 6.28. The van der Waals surface area contributed by atoms with Gasteiger partial charge in [0.25, 0.3) is 0 Å². The number of aromatic nitrogens is 2. The van der Waals surface area contributed by atoms with E-state index in [-0.39, 0.29) is 0 Å². The molecule has 0 radical (unpaired) electrons. The van der Waals surface area contributed by atoms with Gasteiger partial charge in [-0.3, -0.25) is 0 Å². The predicted molar refractivity (Wildman–Crippen MR) is 78.3 cm³/mol. The predicted octanol–water partition coefficient (Wildman–Crippen LogP) is 3.43. The van der Waals surface area contributed by atoms with Gasteiger partial charge in [0.05, 0.1) is 0 Å². The van der Waals surface area contributed by atoms with E-state index in [9.17, 15) is 0 Å². The number of nitrogens with one attached hydrogen (secondary N) is 1. The molecule has 0 bridgehead atoms. The van der Waals surface area contributed by atoms with Crippen LogP contribution in [0.2, 0.25) is 0 Å². The van der Waals surface area contributed by atoms with Gasteiger partial charge in [-0.2, -0.15) is 11.8 Å². The van der Waals surface area contributed by atoms with Gasteiger partial charge >= 0.3 is 0 Å². The fourth-order valence-electron chi connectivity index (χ4n) is 2.33. The molecule has 0 aliphatic carbocycles. The fraction of sp³-hybridized carbons (Fsp3) is 0.429. The first-order valence-electron chi connectivity index (χ1n) is 6.57. The summed E-state index contributed by atoms with van der Waals surface area (Å²) in [6, 6.07) is 8.73. The van der Waals surface area contributed by atoms with Crippen LogP contribution in [0.15, 0.2) is 35.1 Å². The summed E-state index contributed by atoms with van der Waals surface area (Å²) in [6.45, 7) is 2.30. The number of hydrogen-bond donors (Lipinski definition) is 1. The standard InChI is InChI=1S/C14H17N3OS/c1-10-13(3-2-8-19-10)16-12-6-4-11(5-7-12)14-17-15-9-18-14/h4-7,9-10,13,16H,2-3,8H2,1H3. The Bertz CT molecular complexity index is 512. The Labute approximate surface area is 117 Å². The second kappa shape index (κ2) is 5.65. The molecule has 2 aromatic rings. The molecule has 3 rings (SSSR count). The van der Waals surface area contributed by atoms with E-state index in [4.69, 9.17) is 4.42 Å². The summed E-state index contributed by atoms with van der Waals surface area (Å²) in [7, 11) is 0. The minimum absolute atomic E-state index is 0.563. The summed E-state index contributed by atoms with van der Waals surface area (Å²) < 4.78 is 5.18. The smallest absolute Gasteiger partial charge is 0.247 e. The van der Waals surface area contributed by atoms with Gasteiger partial charge < -0.3 is 9.73 Å². The van der Waals surface area contributed by atoms with Crippen molar-refractivity contribution in [2.45, 2.75) is 31.1 Å². The van der Waals surface area contributed by atoms with Crippen LogP contribution in [0.3, 0.4) is 0 Å². The summed E-state index contributed by atoms with van der Waals surface area (Å²) >= 11 is 2.05. The molecule has 5 heteroatoms. The highest BCUT2D eigenvalue weighted by molar-refractivity contribution is 8.00. The Morgan fingerprint density at radius 1 is 1.32 bits per heavy atom. The first-order chi connectivity index (χ1) is 9.33. The van der Waals surface area contributed by atoms with Gasteiger partial charge in [-0.15, -0.1) is 10.2 Å². The zero-order valence-electron chi connectivity index (χ0n) is 10.9. The minimum atomic E-state index is 0.563. The second-order valence-electron chi connectivity index (χ2n) is 4.79. The van der Waals surface area contributed by atoms with Gasteiger partial charge in [0.15, 0.2) is 0 Å². The van der Waals surface area contributed by atoms with E-state index in [0.717, 1.165) is 11.3 Å². The Balaban J connectivity index is 1.69. The van der Waals surface area contributed by atoms with Gasteiger partial charge in [0.1, 0.15) is 0 Å². The average molecular weight is 275 g/mol. The molecule has 1 fully saturated rings. The number of rotatable bonds is 3. The summed E-state index contributed by atoms with van der Waals surface area (Å²) in [5.41, 5.74) is 2.11. The highest BCUT2D eigenvalue weighted by Crippen LogP contribution is 2.28. The fourth-order valence-corrected chi connectivity index (χ4v) is 3.48. The summed E-state index contributed by atoms with van der Waals surface area (Å²) in [5.74, 6) is 1.85. The lowest BCUT2D eigenvalue weighted by atomic mass is 10.1. The van der Waals surface area contributed by atoms with E-state index in [1.165, 1.54) is 25.0 Å². The molecule has 1 aliphatic rings. The van der Waals surface area contributed by atoms with E-state index in [1.54, 1.807) is 0 Å². The topological polar surface area (TPSA) is 51.0 Å². The normalized spacial score (nSPS) is 23.2. The lowest BCUT2D eigenvalue weighted by molar-refractivity contribution is 0.568. The largest absolute Gasteiger partial charge is 0.423 e. The zero-order valence-corrected chi connectivity index (χ0v) is 11.7.